The molecule has 4 atom stereocenters. The van der Waals surface area contributed by atoms with E-state index >= 15 is 0 Å². The van der Waals surface area contributed by atoms with Crippen molar-refractivity contribution in [2.45, 2.75) is 25.3 Å². The van der Waals surface area contributed by atoms with E-state index in [1.54, 1.807) is 67.6 Å². The van der Waals surface area contributed by atoms with Crippen LogP contribution in [0.1, 0.15) is 30.1 Å². The van der Waals surface area contributed by atoms with Crippen LogP contribution < -0.4 is 4.90 Å². The SMILES string of the molecule is CCOC(=O)[C@@]12C3C=CC(CC3)[C@]1(C(=O)c1ccccc1)C(=O)C(=O)N2c1ccccc1. The van der Waals surface area contributed by atoms with E-state index in [-0.39, 0.29) is 6.61 Å². The number of carbonyl (C=O) groups excluding carboxylic acids is 4. The van der Waals surface area contributed by atoms with E-state index in [1.165, 1.54) is 4.90 Å². The van der Waals surface area contributed by atoms with Gasteiger partial charge in [0.2, 0.25) is 5.78 Å². The number of allylic oxidation sites excluding steroid dienone is 1. The normalized spacial score (nSPS) is 30.3. The summed E-state index contributed by atoms with van der Waals surface area (Å²) < 4.78 is 5.53. The van der Waals surface area contributed by atoms with Crippen LogP contribution in [0.2, 0.25) is 0 Å². The van der Waals surface area contributed by atoms with Crippen LogP contribution in [0.5, 0.6) is 0 Å². The number of esters is 1. The van der Waals surface area contributed by atoms with Gasteiger partial charge in [0, 0.05) is 23.1 Å². The van der Waals surface area contributed by atoms with Gasteiger partial charge in [0.25, 0.3) is 5.91 Å². The van der Waals surface area contributed by atoms with Crippen molar-refractivity contribution < 1.29 is 23.9 Å². The summed E-state index contributed by atoms with van der Waals surface area (Å²) in [6.45, 7) is 1.75. The lowest BCUT2D eigenvalue weighted by atomic mass is 9.46. The van der Waals surface area contributed by atoms with E-state index < -0.39 is 46.2 Å². The molecule has 1 aliphatic heterocycles. The van der Waals surface area contributed by atoms with Crippen molar-refractivity contribution in [2.75, 3.05) is 11.5 Å². The summed E-state index contributed by atoms with van der Waals surface area (Å²) in [5.41, 5.74) is -2.92. The summed E-state index contributed by atoms with van der Waals surface area (Å²) in [7, 11) is 0. The maximum absolute atomic E-state index is 14.2. The topological polar surface area (TPSA) is 80.8 Å². The first-order valence-electron chi connectivity index (χ1n) is 10.9. The number of anilines is 1. The Hall–Kier alpha value is -3.54. The Balaban J connectivity index is 1.86. The van der Waals surface area contributed by atoms with E-state index in [1.807, 2.05) is 12.2 Å². The van der Waals surface area contributed by atoms with Crippen molar-refractivity contribution in [3.63, 3.8) is 0 Å². The van der Waals surface area contributed by atoms with Gasteiger partial charge in [-0.3, -0.25) is 19.3 Å². The standard InChI is InChI=1S/C26H23NO5/c1-2-32-24(31)26-19-15-13-18(14-16-19)25(26,21(28)17-9-5-3-6-10-17)22(29)23(30)27(26)20-11-7-4-8-12-20/h3-13,15,18-19H,2,14,16H2,1H3/t18?,19?,25-,26-/m0/s1. The predicted octanol–water partition coefficient (Wildman–Crippen LogP) is 3.37. The van der Waals surface area contributed by atoms with E-state index in [0.29, 0.717) is 24.1 Å². The Kier molecular flexibility index (Phi) is 4.62. The molecule has 0 radical (unpaired) electrons. The molecule has 162 valence electrons. The van der Waals surface area contributed by atoms with Gasteiger partial charge in [-0.15, -0.1) is 0 Å². The second-order valence-electron chi connectivity index (χ2n) is 8.47. The zero-order chi connectivity index (χ0) is 22.5. The summed E-state index contributed by atoms with van der Waals surface area (Å²) >= 11 is 0. The van der Waals surface area contributed by atoms with Crippen LogP contribution in [-0.4, -0.2) is 35.6 Å². The highest BCUT2D eigenvalue weighted by atomic mass is 16.5. The van der Waals surface area contributed by atoms with Gasteiger partial charge < -0.3 is 4.74 Å². The molecule has 2 aromatic carbocycles. The molecule has 2 unspecified atom stereocenters. The van der Waals surface area contributed by atoms with Gasteiger partial charge in [-0.25, -0.2) is 4.79 Å². The average molecular weight is 429 g/mol. The summed E-state index contributed by atoms with van der Waals surface area (Å²) in [5, 5.41) is 0. The van der Waals surface area contributed by atoms with Crippen LogP contribution in [-0.2, 0) is 19.1 Å². The Labute approximate surface area is 185 Å². The molecule has 2 bridgehead atoms. The number of carbonyl (C=O) groups is 4. The van der Waals surface area contributed by atoms with Gasteiger partial charge in [-0.05, 0) is 31.9 Å². The fourth-order valence-electron chi connectivity index (χ4n) is 6.02. The van der Waals surface area contributed by atoms with Gasteiger partial charge in [0.05, 0.1) is 6.61 Å². The molecule has 1 saturated carbocycles. The Morgan fingerprint density at radius 1 is 0.938 bits per heavy atom. The van der Waals surface area contributed by atoms with Gasteiger partial charge in [-0.1, -0.05) is 60.7 Å². The molecule has 0 spiro atoms. The van der Waals surface area contributed by atoms with Crippen molar-refractivity contribution >= 4 is 29.1 Å². The highest BCUT2D eigenvalue weighted by Gasteiger charge is 2.82. The first-order valence-corrected chi connectivity index (χ1v) is 10.9. The van der Waals surface area contributed by atoms with E-state index in [2.05, 4.69) is 0 Å². The molecule has 6 nitrogen and oxygen atoms in total. The highest BCUT2D eigenvalue weighted by Crippen LogP contribution is 2.64. The first kappa shape index (κ1) is 20.4. The van der Waals surface area contributed by atoms with Gasteiger partial charge in [0.1, 0.15) is 5.41 Å². The zero-order valence-corrected chi connectivity index (χ0v) is 17.7. The number of Topliss-reactive ketones (excluding diaryl/α,β-unsaturated/α-hetero) is 2. The lowest BCUT2D eigenvalue weighted by Crippen LogP contribution is -2.73. The number of hydrogen-bond donors (Lipinski definition) is 0. The monoisotopic (exact) mass is 429 g/mol. The number of benzene rings is 2. The molecule has 0 aromatic heterocycles. The van der Waals surface area contributed by atoms with Crippen LogP contribution in [0.3, 0.4) is 0 Å². The quantitative estimate of drug-likeness (QED) is 0.239. The Morgan fingerprint density at radius 3 is 2.12 bits per heavy atom. The molecule has 4 aliphatic rings. The van der Waals surface area contributed by atoms with Crippen molar-refractivity contribution in [1.82, 2.24) is 0 Å². The third-order valence-corrected chi connectivity index (χ3v) is 7.16. The summed E-state index contributed by atoms with van der Waals surface area (Å²) in [6.07, 6.45) is 4.84. The number of fused-ring (bicyclic) bond motifs is 1. The highest BCUT2D eigenvalue weighted by molar-refractivity contribution is 6.53. The lowest BCUT2D eigenvalue weighted by molar-refractivity contribution is -0.162. The number of ketones is 2. The second kappa shape index (κ2) is 7.26. The van der Waals surface area contributed by atoms with Gasteiger partial charge in [-0.2, -0.15) is 0 Å². The third-order valence-electron chi connectivity index (χ3n) is 7.16. The smallest absolute Gasteiger partial charge is 0.334 e. The molecule has 2 aromatic rings. The minimum Gasteiger partial charge on any atom is -0.464 e. The number of para-hydroxylation sites is 1. The maximum Gasteiger partial charge on any atom is 0.334 e. The fraction of sp³-hybridized carbons (Fsp3) is 0.308. The average Bonchev–Trinajstić information content (AvgIpc) is 3.07. The molecule has 6 heteroatoms. The van der Waals surface area contributed by atoms with Gasteiger partial charge >= 0.3 is 5.97 Å². The predicted molar refractivity (Wildman–Crippen MR) is 117 cm³/mol. The van der Waals surface area contributed by atoms with Crippen molar-refractivity contribution in [3.8, 4) is 0 Å². The minimum absolute atomic E-state index is 0.0717. The minimum atomic E-state index is -1.87. The summed E-state index contributed by atoms with van der Waals surface area (Å²) in [6, 6.07) is 17.1. The molecular formula is C26H23NO5. The number of hydrogen-bond acceptors (Lipinski definition) is 5. The molecule has 0 N–H and O–H groups in total. The molecule has 32 heavy (non-hydrogen) atoms. The Morgan fingerprint density at radius 2 is 1.53 bits per heavy atom. The van der Waals surface area contributed by atoms with Crippen molar-refractivity contribution in [1.29, 1.82) is 0 Å². The zero-order valence-electron chi connectivity index (χ0n) is 17.7. The van der Waals surface area contributed by atoms with E-state index in [4.69, 9.17) is 4.74 Å². The van der Waals surface area contributed by atoms with Crippen LogP contribution in [0.15, 0.2) is 72.8 Å². The first-order chi connectivity index (χ1) is 15.5. The second-order valence-corrected chi connectivity index (χ2v) is 8.47. The number of rotatable bonds is 5. The van der Waals surface area contributed by atoms with Crippen LogP contribution in [0.25, 0.3) is 0 Å². The molecule has 6 rings (SSSR count). The molecule has 3 aliphatic carbocycles. The van der Waals surface area contributed by atoms with Crippen molar-refractivity contribution in [2.24, 2.45) is 17.3 Å². The van der Waals surface area contributed by atoms with Crippen molar-refractivity contribution in [3.05, 3.63) is 78.4 Å². The van der Waals surface area contributed by atoms with Crippen LogP contribution >= 0.6 is 0 Å². The summed E-state index contributed by atoms with van der Waals surface area (Å²) in [4.78, 5) is 56.9. The molecule has 1 saturated heterocycles. The van der Waals surface area contributed by atoms with Crippen LogP contribution in [0.4, 0.5) is 5.69 Å². The third kappa shape index (κ3) is 2.29. The lowest BCUT2D eigenvalue weighted by Gasteiger charge is -2.56. The molecule has 1 heterocycles. The number of ether oxygens (including phenoxy) is 1. The summed E-state index contributed by atoms with van der Waals surface area (Å²) in [5.74, 6) is -3.96. The van der Waals surface area contributed by atoms with Crippen LogP contribution in [0, 0.1) is 17.3 Å². The van der Waals surface area contributed by atoms with Gasteiger partial charge in [0.15, 0.2) is 11.3 Å². The molecular weight excluding hydrogens is 406 g/mol. The molecule has 2 fully saturated rings. The van der Waals surface area contributed by atoms with E-state index in [0.717, 1.165) is 0 Å². The largest absolute Gasteiger partial charge is 0.464 e. The fourth-order valence-corrected chi connectivity index (χ4v) is 6.02. The van der Waals surface area contributed by atoms with E-state index in [9.17, 15) is 19.2 Å². The number of nitrogens with zero attached hydrogens (tertiary/aromatic N) is 1. The maximum atomic E-state index is 14.2. The molecule has 1 amide bonds. The number of amides is 1. The Bertz CT molecular complexity index is 1140.